The van der Waals surface area contributed by atoms with Gasteiger partial charge in [-0.15, -0.1) is 0 Å². The minimum Gasteiger partial charge on any atom is -0.340 e. The minimum absolute atomic E-state index is 0.111. The van der Waals surface area contributed by atoms with Crippen LogP contribution in [0.4, 0.5) is 0 Å². The average molecular weight is 406 g/mol. The zero-order chi connectivity index (χ0) is 19.6. The number of nitrogens with zero attached hydrogens (tertiary/aromatic N) is 4. The highest BCUT2D eigenvalue weighted by Gasteiger charge is 2.51. The Balaban J connectivity index is 1.37. The summed E-state index contributed by atoms with van der Waals surface area (Å²) >= 11 is 6.00. The molecule has 146 valence electrons. The molecule has 0 aliphatic heterocycles. The highest BCUT2D eigenvalue weighted by Crippen LogP contribution is 2.57. The van der Waals surface area contributed by atoms with Crippen LogP contribution < -0.4 is 5.32 Å². The van der Waals surface area contributed by atoms with Crippen molar-refractivity contribution in [2.75, 3.05) is 0 Å². The van der Waals surface area contributed by atoms with Gasteiger partial charge in [0.25, 0.3) is 5.91 Å². The van der Waals surface area contributed by atoms with Crippen LogP contribution in [0.5, 0.6) is 0 Å². The smallest absolute Gasteiger partial charge is 0.272 e. The van der Waals surface area contributed by atoms with Gasteiger partial charge < -0.3 is 5.32 Å². The van der Waals surface area contributed by atoms with Gasteiger partial charge in [-0.25, -0.2) is 9.67 Å². The number of rotatable bonds is 4. The molecule has 3 aliphatic rings. The Morgan fingerprint density at radius 3 is 2.79 bits per heavy atom. The first-order valence-electron chi connectivity index (χ1n) is 10.1. The van der Waals surface area contributed by atoms with Crippen LogP contribution in [0.3, 0.4) is 0 Å². The summed E-state index contributed by atoms with van der Waals surface area (Å²) in [6.07, 6.45) is 8.40. The Morgan fingerprint density at radius 1 is 1.21 bits per heavy atom. The molecule has 1 amide bonds. The Labute approximate surface area is 173 Å². The van der Waals surface area contributed by atoms with Crippen LogP contribution in [-0.4, -0.2) is 25.7 Å². The van der Waals surface area contributed by atoms with Crippen LogP contribution in [0.25, 0.3) is 5.82 Å². The predicted octanol–water partition coefficient (Wildman–Crippen LogP) is 3.78. The molecule has 0 aromatic carbocycles. The summed E-state index contributed by atoms with van der Waals surface area (Å²) in [5, 5.41) is 8.59. The van der Waals surface area contributed by atoms with Gasteiger partial charge in [-0.1, -0.05) is 17.7 Å². The molecule has 0 saturated heterocycles. The number of amides is 1. The van der Waals surface area contributed by atoms with Gasteiger partial charge in [0.05, 0.1) is 21.9 Å². The van der Waals surface area contributed by atoms with Gasteiger partial charge in [-0.2, -0.15) is 5.10 Å². The summed E-state index contributed by atoms with van der Waals surface area (Å²) in [7, 11) is 0. The Morgan fingerprint density at radius 2 is 2.10 bits per heavy atom. The van der Waals surface area contributed by atoms with Crippen molar-refractivity contribution in [3.05, 3.63) is 70.4 Å². The van der Waals surface area contributed by atoms with E-state index in [-0.39, 0.29) is 11.4 Å². The van der Waals surface area contributed by atoms with E-state index >= 15 is 0 Å². The standard InChI is InChI=1S/C22H20ClN5O/c23-14-5-6-18(25-12-14)28-20-15-10-13(15)11-16(20)19(27-28)21(29)26-22(7-3-8-22)17-4-1-2-9-24-17/h1-2,4-6,9,12-13,15H,3,7-8,10-11H2,(H,26,29)/t13-,15-/m1/s1. The van der Waals surface area contributed by atoms with Crippen LogP contribution >= 0.6 is 11.6 Å². The summed E-state index contributed by atoms with van der Waals surface area (Å²) in [6, 6.07) is 9.53. The van der Waals surface area contributed by atoms with Crippen molar-refractivity contribution >= 4 is 17.5 Å². The van der Waals surface area contributed by atoms with Gasteiger partial charge in [-0.3, -0.25) is 9.78 Å². The van der Waals surface area contributed by atoms with Crippen molar-refractivity contribution in [3.63, 3.8) is 0 Å². The molecule has 3 aliphatic carbocycles. The van der Waals surface area contributed by atoms with Crippen LogP contribution in [0.15, 0.2) is 42.7 Å². The molecule has 2 fully saturated rings. The van der Waals surface area contributed by atoms with E-state index in [2.05, 4.69) is 15.3 Å². The van der Waals surface area contributed by atoms with Gasteiger partial charge >= 0.3 is 0 Å². The average Bonchev–Trinajstić information content (AvgIpc) is 3.21. The molecule has 3 heterocycles. The molecule has 3 aromatic rings. The molecule has 7 heteroatoms. The van der Waals surface area contributed by atoms with Crippen molar-refractivity contribution in [1.82, 2.24) is 25.1 Å². The number of carbonyl (C=O) groups is 1. The monoisotopic (exact) mass is 405 g/mol. The topological polar surface area (TPSA) is 72.7 Å². The molecule has 6 nitrogen and oxygen atoms in total. The maximum Gasteiger partial charge on any atom is 0.272 e. The number of hydrogen-bond acceptors (Lipinski definition) is 4. The summed E-state index contributed by atoms with van der Waals surface area (Å²) in [4.78, 5) is 22.3. The van der Waals surface area contributed by atoms with Gasteiger partial charge in [0, 0.05) is 23.9 Å². The van der Waals surface area contributed by atoms with Gasteiger partial charge in [-0.05, 0) is 62.3 Å². The molecule has 0 unspecified atom stereocenters. The molecule has 0 radical (unpaired) electrons. The SMILES string of the molecule is O=C(NC1(c2ccccn2)CCC1)c1nn(-c2ccc(Cl)cn2)c2c1C[C@H]1C[C@@H]21. The molecule has 6 rings (SSSR count). The quantitative estimate of drug-likeness (QED) is 0.716. The van der Waals surface area contributed by atoms with Crippen LogP contribution in [0.2, 0.25) is 5.02 Å². The maximum atomic E-state index is 13.4. The van der Waals surface area contributed by atoms with E-state index in [1.54, 1.807) is 12.4 Å². The number of halogens is 1. The first-order valence-corrected chi connectivity index (χ1v) is 10.5. The number of aromatic nitrogens is 4. The van der Waals surface area contributed by atoms with Crippen molar-refractivity contribution in [1.29, 1.82) is 0 Å². The molecule has 2 atom stereocenters. The lowest BCUT2D eigenvalue weighted by Gasteiger charge is -2.41. The first kappa shape index (κ1) is 17.2. The molecule has 3 aromatic heterocycles. The van der Waals surface area contributed by atoms with E-state index in [1.165, 1.54) is 6.42 Å². The van der Waals surface area contributed by atoms with E-state index in [1.807, 2.05) is 35.0 Å². The Hall–Kier alpha value is -2.73. The van der Waals surface area contributed by atoms with Gasteiger partial charge in [0.1, 0.15) is 0 Å². The van der Waals surface area contributed by atoms with Crippen molar-refractivity contribution in [2.24, 2.45) is 5.92 Å². The zero-order valence-electron chi connectivity index (χ0n) is 15.8. The van der Waals surface area contributed by atoms with Crippen LogP contribution in [0, 0.1) is 5.92 Å². The highest BCUT2D eigenvalue weighted by molar-refractivity contribution is 6.30. The predicted molar refractivity (Wildman–Crippen MR) is 108 cm³/mol. The van der Waals surface area contributed by atoms with Crippen LogP contribution in [0.1, 0.15) is 59.0 Å². The number of hydrogen-bond donors (Lipinski definition) is 1. The summed E-state index contributed by atoms with van der Waals surface area (Å²) in [6.45, 7) is 0. The van der Waals surface area contributed by atoms with Gasteiger partial charge in [0.2, 0.25) is 0 Å². The minimum atomic E-state index is -0.380. The largest absolute Gasteiger partial charge is 0.340 e. The molecule has 29 heavy (non-hydrogen) atoms. The lowest BCUT2D eigenvalue weighted by Crippen LogP contribution is -2.51. The molecule has 2 saturated carbocycles. The lowest BCUT2D eigenvalue weighted by molar-refractivity contribution is 0.0810. The van der Waals surface area contributed by atoms with Gasteiger partial charge in [0.15, 0.2) is 11.5 Å². The highest BCUT2D eigenvalue weighted by atomic mass is 35.5. The Bertz CT molecular complexity index is 1100. The van der Waals surface area contributed by atoms with E-state index in [0.717, 1.165) is 42.6 Å². The van der Waals surface area contributed by atoms with E-state index in [9.17, 15) is 4.79 Å². The molecule has 0 spiro atoms. The second-order valence-electron chi connectivity index (χ2n) is 8.37. The molecular weight excluding hydrogens is 386 g/mol. The number of nitrogens with one attached hydrogen (secondary N) is 1. The van der Waals surface area contributed by atoms with E-state index < -0.39 is 0 Å². The third-order valence-electron chi connectivity index (χ3n) is 6.62. The fraction of sp³-hybridized carbons (Fsp3) is 0.364. The normalized spacial score (nSPS) is 23.1. The summed E-state index contributed by atoms with van der Waals surface area (Å²) in [5.41, 5.74) is 3.31. The Kier molecular flexibility index (Phi) is 3.63. The third kappa shape index (κ3) is 2.62. The number of fused-ring (bicyclic) bond motifs is 3. The third-order valence-corrected chi connectivity index (χ3v) is 6.85. The second-order valence-corrected chi connectivity index (χ2v) is 8.81. The fourth-order valence-electron chi connectivity index (χ4n) is 4.86. The summed E-state index contributed by atoms with van der Waals surface area (Å²) < 4.78 is 1.85. The van der Waals surface area contributed by atoms with Crippen molar-refractivity contribution < 1.29 is 4.79 Å². The van der Waals surface area contributed by atoms with E-state index in [4.69, 9.17) is 16.7 Å². The van der Waals surface area contributed by atoms with Crippen LogP contribution in [-0.2, 0) is 12.0 Å². The maximum absolute atomic E-state index is 13.4. The van der Waals surface area contributed by atoms with Crippen molar-refractivity contribution in [2.45, 2.75) is 43.6 Å². The molecule has 1 N–H and O–H groups in total. The summed E-state index contributed by atoms with van der Waals surface area (Å²) in [5.74, 6) is 1.73. The zero-order valence-corrected chi connectivity index (χ0v) is 16.6. The molecule has 0 bridgehead atoms. The van der Waals surface area contributed by atoms with Crippen molar-refractivity contribution in [3.8, 4) is 5.82 Å². The fourth-order valence-corrected chi connectivity index (χ4v) is 4.98. The second kappa shape index (κ2) is 6.13. The number of carbonyl (C=O) groups excluding carboxylic acids is 1. The lowest BCUT2D eigenvalue weighted by atomic mass is 9.74. The van der Waals surface area contributed by atoms with E-state index in [0.29, 0.717) is 28.4 Å². The molecular formula is C22H20ClN5O. The number of pyridine rings is 2. The first-order chi connectivity index (χ1) is 14.1.